The number of amides is 1. The molecule has 3 aromatic heterocycles. The molecule has 3 heterocycles. The first kappa shape index (κ1) is 17.1. The Bertz CT molecular complexity index is 1110. The number of carbonyl (C=O) groups excluding carboxylic acids is 1. The number of nitrogens with one attached hydrogen (secondary N) is 1. The highest BCUT2D eigenvalue weighted by molar-refractivity contribution is 5.96. The number of rotatable bonds is 5. The van der Waals surface area contributed by atoms with Crippen LogP contribution >= 0.6 is 0 Å². The van der Waals surface area contributed by atoms with Crippen molar-refractivity contribution >= 4 is 27.8 Å². The zero-order valence-corrected chi connectivity index (χ0v) is 15.4. The first-order valence-corrected chi connectivity index (χ1v) is 9.07. The number of nitrogens with zero attached hydrogens (tertiary/aromatic N) is 4. The maximum atomic E-state index is 12.5. The van der Waals surface area contributed by atoms with Crippen molar-refractivity contribution in [2.45, 2.75) is 26.3 Å². The van der Waals surface area contributed by atoms with E-state index in [-0.39, 0.29) is 11.9 Å². The van der Waals surface area contributed by atoms with Crippen LogP contribution in [0, 0.1) is 0 Å². The predicted molar refractivity (Wildman–Crippen MR) is 106 cm³/mol. The van der Waals surface area contributed by atoms with E-state index in [1.54, 1.807) is 18.6 Å². The Labute approximate surface area is 157 Å². The fourth-order valence-corrected chi connectivity index (χ4v) is 3.22. The highest BCUT2D eigenvalue weighted by Gasteiger charge is 2.12. The van der Waals surface area contributed by atoms with Gasteiger partial charge in [-0.1, -0.05) is 24.3 Å². The summed E-state index contributed by atoms with van der Waals surface area (Å²) in [5, 5.41) is 9.29. The molecule has 0 bridgehead atoms. The first-order valence-electron chi connectivity index (χ1n) is 9.07. The van der Waals surface area contributed by atoms with E-state index in [2.05, 4.69) is 40.3 Å². The summed E-state index contributed by atoms with van der Waals surface area (Å²) in [5.41, 5.74) is 3.45. The molecule has 0 atom stereocenters. The zero-order chi connectivity index (χ0) is 18.8. The Morgan fingerprint density at radius 2 is 1.96 bits per heavy atom. The van der Waals surface area contributed by atoms with Gasteiger partial charge in [0.05, 0.1) is 17.3 Å². The second kappa shape index (κ2) is 7.15. The zero-order valence-electron chi connectivity index (χ0n) is 15.4. The van der Waals surface area contributed by atoms with Gasteiger partial charge in [-0.05, 0) is 38.0 Å². The third-order valence-electron chi connectivity index (χ3n) is 4.58. The van der Waals surface area contributed by atoms with Crippen LogP contribution in [0.25, 0.3) is 21.9 Å². The Morgan fingerprint density at radius 1 is 1.11 bits per heavy atom. The lowest BCUT2D eigenvalue weighted by atomic mass is 10.1. The van der Waals surface area contributed by atoms with Gasteiger partial charge in [-0.25, -0.2) is 9.67 Å². The number of aromatic nitrogens is 4. The second-order valence-corrected chi connectivity index (χ2v) is 6.82. The Kier molecular flexibility index (Phi) is 4.54. The largest absolute Gasteiger partial charge is 0.352 e. The molecule has 0 aliphatic heterocycles. The fourth-order valence-electron chi connectivity index (χ4n) is 3.22. The minimum atomic E-state index is -0.130. The van der Waals surface area contributed by atoms with Crippen LogP contribution in [0.1, 0.15) is 35.8 Å². The molecule has 4 rings (SSSR count). The normalized spacial score (nSPS) is 11.4. The van der Waals surface area contributed by atoms with Crippen molar-refractivity contribution in [3.63, 3.8) is 0 Å². The van der Waals surface area contributed by atoms with Gasteiger partial charge in [-0.2, -0.15) is 5.10 Å². The van der Waals surface area contributed by atoms with Crippen LogP contribution in [-0.4, -0.2) is 32.2 Å². The number of carbonyl (C=O) groups is 1. The molecule has 4 aromatic rings. The van der Waals surface area contributed by atoms with Gasteiger partial charge < -0.3 is 5.32 Å². The molecular formula is C21H21N5O. The van der Waals surface area contributed by atoms with Gasteiger partial charge >= 0.3 is 0 Å². The predicted octanol–water partition coefficient (Wildman–Crippen LogP) is 3.53. The topological polar surface area (TPSA) is 72.7 Å². The van der Waals surface area contributed by atoms with Crippen LogP contribution in [0.4, 0.5) is 0 Å². The molecule has 0 aliphatic rings. The van der Waals surface area contributed by atoms with Gasteiger partial charge in [-0.3, -0.25) is 9.78 Å². The van der Waals surface area contributed by atoms with Crippen molar-refractivity contribution in [3.05, 3.63) is 66.1 Å². The molecule has 0 unspecified atom stereocenters. The van der Waals surface area contributed by atoms with Crippen LogP contribution in [0.3, 0.4) is 0 Å². The van der Waals surface area contributed by atoms with Crippen LogP contribution in [0.5, 0.6) is 0 Å². The summed E-state index contributed by atoms with van der Waals surface area (Å²) < 4.78 is 1.85. The molecule has 0 saturated heterocycles. The maximum absolute atomic E-state index is 12.5. The van der Waals surface area contributed by atoms with Gasteiger partial charge in [0.2, 0.25) is 0 Å². The average Bonchev–Trinajstić information content (AvgIpc) is 3.11. The number of hydrogen-bond donors (Lipinski definition) is 1. The summed E-state index contributed by atoms with van der Waals surface area (Å²) in [6.45, 7) is 4.64. The molecule has 136 valence electrons. The first-order chi connectivity index (χ1) is 13.1. The number of para-hydroxylation sites is 1. The minimum Gasteiger partial charge on any atom is -0.352 e. The lowest BCUT2D eigenvalue weighted by Gasteiger charge is -2.08. The van der Waals surface area contributed by atoms with E-state index in [1.807, 2.05) is 35.0 Å². The molecule has 0 spiro atoms. The summed E-state index contributed by atoms with van der Waals surface area (Å²) in [6, 6.07) is 12.2. The summed E-state index contributed by atoms with van der Waals surface area (Å²) >= 11 is 0. The van der Waals surface area contributed by atoms with Gasteiger partial charge in [0.25, 0.3) is 5.91 Å². The molecule has 1 N–H and O–H groups in total. The minimum absolute atomic E-state index is 0.130. The van der Waals surface area contributed by atoms with Gasteiger partial charge in [0, 0.05) is 35.8 Å². The third kappa shape index (κ3) is 3.38. The van der Waals surface area contributed by atoms with E-state index in [0.29, 0.717) is 12.1 Å². The van der Waals surface area contributed by atoms with Gasteiger partial charge in [0.1, 0.15) is 0 Å². The highest BCUT2D eigenvalue weighted by atomic mass is 16.1. The lowest BCUT2D eigenvalue weighted by Crippen LogP contribution is -2.25. The van der Waals surface area contributed by atoms with E-state index in [0.717, 1.165) is 33.9 Å². The smallest absolute Gasteiger partial charge is 0.252 e. The highest BCUT2D eigenvalue weighted by Crippen LogP contribution is 2.17. The number of hydrogen-bond acceptors (Lipinski definition) is 4. The van der Waals surface area contributed by atoms with Gasteiger partial charge in [-0.15, -0.1) is 0 Å². The van der Waals surface area contributed by atoms with E-state index < -0.39 is 0 Å². The number of benzene rings is 1. The molecule has 0 saturated carbocycles. The molecule has 0 radical (unpaired) electrons. The Morgan fingerprint density at radius 3 is 2.81 bits per heavy atom. The summed E-state index contributed by atoms with van der Waals surface area (Å²) in [6.07, 6.45) is 5.88. The quantitative estimate of drug-likeness (QED) is 0.592. The summed E-state index contributed by atoms with van der Waals surface area (Å²) in [5.74, 6) is -0.130. The van der Waals surface area contributed by atoms with Crippen molar-refractivity contribution in [3.8, 4) is 0 Å². The molecule has 27 heavy (non-hydrogen) atoms. The van der Waals surface area contributed by atoms with Crippen molar-refractivity contribution in [2.24, 2.45) is 0 Å². The lowest BCUT2D eigenvalue weighted by molar-refractivity contribution is 0.0954. The van der Waals surface area contributed by atoms with Crippen molar-refractivity contribution < 1.29 is 4.79 Å². The van der Waals surface area contributed by atoms with Crippen LogP contribution < -0.4 is 5.32 Å². The summed E-state index contributed by atoms with van der Waals surface area (Å²) in [4.78, 5) is 21.4. The molecule has 1 amide bonds. The molecule has 6 nitrogen and oxygen atoms in total. The van der Waals surface area contributed by atoms with Crippen LogP contribution in [0.2, 0.25) is 0 Å². The molecular weight excluding hydrogens is 338 g/mol. The maximum Gasteiger partial charge on any atom is 0.252 e. The molecule has 1 aromatic carbocycles. The van der Waals surface area contributed by atoms with E-state index in [1.165, 1.54) is 0 Å². The molecule has 6 heteroatoms. The number of pyridine rings is 2. The van der Waals surface area contributed by atoms with E-state index in [4.69, 9.17) is 0 Å². The SMILES string of the molecule is CC(C)n1ncc2cc(C(=O)NCCc3cccc4cccnc34)cnc21. The molecule has 0 fully saturated rings. The monoisotopic (exact) mass is 359 g/mol. The van der Waals surface area contributed by atoms with E-state index in [9.17, 15) is 4.79 Å². The Hall–Kier alpha value is -3.28. The Balaban J connectivity index is 1.45. The van der Waals surface area contributed by atoms with Crippen LogP contribution in [0.15, 0.2) is 55.0 Å². The van der Waals surface area contributed by atoms with Crippen molar-refractivity contribution in [1.29, 1.82) is 0 Å². The fraction of sp³-hybridized carbons (Fsp3) is 0.238. The standard InChI is InChI=1S/C21H21N5O/c1-14(2)26-20-17(13-25-26)11-18(12-24-20)21(27)23-10-8-16-6-3-5-15-7-4-9-22-19(15)16/h3-7,9,11-14H,8,10H2,1-2H3,(H,23,27). The number of fused-ring (bicyclic) bond motifs is 2. The summed E-state index contributed by atoms with van der Waals surface area (Å²) in [7, 11) is 0. The van der Waals surface area contributed by atoms with Gasteiger partial charge in [0.15, 0.2) is 5.65 Å². The molecule has 0 aliphatic carbocycles. The van der Waals surface area contributed by atoms with Crippen molar-refractivity contribution in [2.75, 3.05) is 6.54 Å². The second-order valence-electron chi connectivity index (χ2n) is 6.82. The van der Waals surface area contributed by atoms with Crippen LogP contribution in [-0.2, 0) is 6.42 Å². The average molecular weight is 359 g/mol. The third-order valence-corrected chi connectivity index (χ3v) is 4.58. The van der Waals surface area contributed by atoms with E-state index >= 15 is 0 Å². The van der Waals surface area contributed by atoms with Crippen molar-refractivity contribution in [1.82, 2.24) is 25.1 Å².